The zero-order valence-electron chi connectivity index (χ0n) is 14.8. The Morgan fingerprint density at radius 3 is 2.83 bits per heavy atom. The maximum Gasteiger partial charge on any atom is 0.142 e. The third kappa shape index (κ3) is 3.37. The Labute approximate surface area is 148 Å². The van der Waals surface area contributed by atoms with Crippen molar-refractivity contribution >= 4 is 17.3 Å². The maximum absolute atomic E-state index is 6.16. The number of methoxy groups -OCH3 is 1. The fraction of sp³-hybridized carbons (Fsp3) is 0.500. The molecule has 1 unspecified atom stereocenters. The predicted octanol–water partition coefficient (Wildman–Crippen LogP) is 3.07. The molecule has 0 aliphatic carbocycles. The molecule has 5 nitrogen and oxygen atoms in total. The summed E-state index contributed by atoms with van der Waals surface area (Å²) in [4.78, 5) is 2.34. The molecule has 0 bridgehead atoms. The Balaban J connectivity index is 1.65. The highest BCUT2D eigenvalue weighted by Gasteiger charge is 2.25. The van der Waals surface area contributed by atoms with Gasteiger partial charge in [-0.25, -0.2) is 0 Å². The molecule has 0 amide bonds. The second-order valence-electron chi connectivity index (χ2n) is 6.40. The number of aromatic nitrogens is 2. The number of nitrogens with zero attached hydrogens (tertiary/aromatic N) is 3. The van der Waals surface area contributed by atoms with Crippen molar-refractivity contribution in [2.45, 2.75) is 32.9 Å². The smallest absolute Gasteiger partial charge is 0.142 e. The Kier molecular flexibility index (Phi) is 5.01. The third-order valence-corrected chi connectivity index (χ3v) is 5.13. The van der Waals surface area contributed by atoms with Crippen molar-refractivity contribution in [3.63, 3.8) is 0 Å². The Bertz CT molecular complexity index is 728. The second kappa shape index (κ2) is 7.03. The van der Waals surface area contributed by atoms with Crippen molar-refractivity contribution < 1.29 is 4.74 Å². The molecule has 1 saturated heterocycles. The maximum atomic E-state index is 6.16. The molecule has 1 aliphatic heterocycles. The zero-order valence-corrected chi connectivity index (χ0v) is 15.5. The lowest BCUT2D eigenvalue weighted by molar-refractivity contribution is 0.414. The van der Waals surface area contributed by atoms with Gasteiger partial charge in [0.05, 0.1) is 18.5 Å². The van der Waals surface area contributed by atoms with Gasteiger partial charge >= 0.3 is 0 Å². The summed E-state index contributed by atoms with van der Waals surface area (Å²) >= 11 is 6.16. The molecule has 1 aromatic heterocycles. The second-order valence-corrected chi connectivity index (χ2v) is 6.84. The summed E-state index contributed by atoms with van der Waals surface area (Å²) in [5.74, 6) is 0.874. The molecule has 0 radical (unpaired) electrons. The summed E-state index contributed by atoms with van der Waals surface area (Å²) in [6, 6.07) is 6.23. The molecular formula is C18H25ClN4O. The van der Waals surface area contributed by atoms with Crippen LogP contribution in [0.1, 0.15) is 23.4 Å². The first kappa shape index (κ1) is 17.1. The molecule has 130 valence electrons. The minimum atomic E-state index is 0.452. The van der Waals surface area contributed by atoms with Crippen molar-refractivity contribution in [1.29, 1.82) is 0 Å². The van der Waals surface area contributed by atoms with Crippen molar-refractivity contribution in [2.24, 2.45) is 7.05 Å². The van der Waals surface area contributed by atoms with E-state index in [0.29, 0.717) is 6.04 Å². The Morgan fingerprint density at radius 1 is 1.38 bits per heavy atom. The molecule has 1 atom stereocenters. The summed E-state index contributed by atoms with van der Waals surface area (Å²) in [5.41, 5.74) is 4.71. The first-order valence-electron chi connectivity index (χ1n) is 8.30. The standard InChI is InChI=1S/C18H25ClN4O/c1-12-16(13(2)22(3)21-12)10-20-15-7-8-23(11-15)17-9-14(19)5-6-18(17)24-4/h5-6,9,15,20H,7-8,10-11H2,1-4H3. The SMILES string of the molecule is COc1ccc(Cl)cc1N1CCC(NCc2c(C)nn(C)c2C)C1. The molecular weight excluding hydrogens is 324 g/mol. The predicted molar refractivity (Wildman–Crippen MR) is 98.1 cm³/mol. The number of hydrogen-bond donors (Lipinski definition) is 1. The van der Waals surface area contributed by atoms with Gasteiger partial charge in [0.1, 0.15) is 5.75 Å². The van der Waals surface area contributed by atoms with Gasteiger partial charge in [0, 0.05) is 49.0 Å². The molecule has 1 aromatic carbocycles. The summed E-state index contributed by atoms with van der Waals surface area (Å²) in [6.07, 6.45) is 1.11. The van der Waals surface area contributed by atoms with Gasteiger partial charge < -0.3 is 15.0 Å². The van der Waals surface area contributed by atoms with E-state index in [1.807, 2.05) is 29.9 Å². The van der Waals surface area contributed by atoms with Gasteiger partial charge in [-0.15, -0.1) is 0 Å². The van der Waals surface area contributed by atoms with E-state index >= 15 is 0 Å². The van der Waals surface area contributed by atoms with E-state index in [2.05, 4.69) is 29.2 Å². The van der Waals surface area contributed by atoms with Crippen LogP contribution in [-0.2, 0) is 13.6 Å². The van der Waals surface area contributed by atoms with Crippen molar-refractivity contribution in [2.75, 3.05) is 25.1 Å². The lowest BCUT2D eigenvalue weighted by Gasteiger charge is -2.22. The van der Waals surface area contributed by atoms with E-state index in [1.54, 1.807) is 7.11 Å². The third-order valence-electron chi connectivity index (χ3n) is 4.90. The minimum absolute atomic E-state index is 0.452. The number of halogens is 1. The molecule has 0 saturated carbocycles. The molecule has 1 aliphatic rings. The average molecular weight is 349 g/mol. The number of rotatable bonds is 5. The van der Waals surface area contributed by atoms with E-state index in [9.17, 15) is 0 Å². The van der Waals surface area contributed by atoms with Crippen LogP contribution in [0.3, 0.4) is 0 Å². The number of nitrogens with one attached hydrogen (secondary N) is 1. The van der Waals surface area contributed by atoms with Crippen LogP contribution in [0.15, 0.2) is 18.2 Å². The number of anilines is 1. The summed E-state index contributed by atoms with van der Waals surface area (Å²) in [5, 5.41) is 8.90. The first-order valence-corrected chi connectivity index (χ1v) is 8.68. The van der Waals surface area contributed by atoms with Gasteiger partial charge in [-0.1, -0.05) is 11.6 Å². The van der Waals surface area contributed by atoms with Gasteiger partial charge in [-0.2, -0.15) is 5.10 Å². The van der Waals surface area contributed by atoms with E-state index in [1.165, 1.54) is 11.3 Å². The largest absolute Gasteiger partial charge is 0.495 e. The molecule has 3 rings (SSSR count). The van der Waals surface area contributed by atoms with Crippen LogP contribution in [0.25, 0.3) is 0 Å². The number of hydrogen-bond acceptors (Lipinski definition) is 4. The van der Waals surface area contributed by atoms with Crippen LogP contribution in [0.4, 0.5) is 5.69 Å². The fourth-order valence-electron chi connectivity index (χ4n) is 3.38. The van der Waals surface area contributed by atoms with Crippen LogP contribution in [-0.4, -0.2) is 36.0 Å². The average Bonchev–Trinajstić information content (AvgIpc) is 3.11. The summed E-state index contributed by atoms with van der Waals surface area (Å²) in [7, 11) is 3.70. The first-order chi connectivity index (χ1) is 11.5. The number of ether oxygens (including phenoxy) is 1. The number of benzene rings is 1. The van der Waals surface area contributed by atoms with E-state index in [-0.39, 0.29) is 0 Å². The monoisotopic (exact) mass is 348 g/mol. The van der Waals surface area contributed by atoms with Gasteiger partial charge in [-0.3, -0.25) is 4.68 Å². The van der Waals surface area contributed by atoms with Crippen LogP contribution in [0, 0.1) is 13.8 Å². The highest BCUT2D eigenvalue weighted by molar-refractivity contribution is 6.30. The van der Waals surface area contributed by atoms with Crippen LogP contribution in [0.2, 0.25) is 5.02 Å². The highest BCUT2D eigenvalue weighted by Crippen LogP contribution is 2.33. The molecule has 1 fully saturated rings. The summed E-state index contributed by atoms with van der Waals surface area (Å²) in [6.45, 7) is 7.00. The molecule has 24 heavy (non-hydrogen) atoms. The van der Waals surface area contributed by atoms with Crippen molar-refractivity contribution in [3.05, 3.63) is 40.2 Å². The topological polar surface area (TPSA) is 42.3 Å². The van der Waals surface area contributed by atoms with Crippen LogP contribution < -0.4 is 15.0 Å². The van der Waals surface area contributed by atoms with E-state index < -0.39 is 0 Å². The van der Waals surface area contributed by atoms with Gasteiger partial charge in [0.15, 0.2) is 0 Å². The Morgan fingerprint density at radius 2 is 2.17 bits per heavy atom. The normalized spacial score (nSPS) is 17.5. The van der Waals surface area contributed by atoms with Crippen LogP contribution >= 0.6 is 11.6 Å². The summed E-state index contributed by atoms with van der Waals surface area (Å²) < 4.78 is 7.43. The van der Waals surface area contributed by atoms with E-state index in [4.69, 9.17) is 16.3 Å². The van der Waals surface area contributed by atoms with Crippen molar-refractivity contribution in [3.8, 4) is 5.75 Å². The van der Waals surface area contributed by atoms with Gasteiger partial charge in [0.2, 0.25) is 0 Å². The van der Waals surface area contributed by atoms with Gasteiger partial charge in [0.25, 0.3) is 0 Å². The van der Waals surface area contributed by atoms with Crippen LogP contribution in [0.5, 0.6) is 5.75 Å². The van der Waals surface area contributed by atoms with E-state index in [0.717, 1.165) is 48.2 Å². The van der Waals surface area contributed by atoms with Gasteiger partial charge in [-0.05, 0) is 38.5 Å². The molecule has 6 heteroatoms. The molecule has 2 aromatic rings. The quantitative estimate of drug-likeness (QED) is 0.901. The highest BCUT2D eigenvalue weighted by atomic mass is 35.5. The Hall–Kier alpha value is -1.72. The van der Waals surface area contributed by atoms with Crippen molar-refractivity contribution in [1.82, 2.24) is 15.1 Å². The lowest BCUT2D eigenvalue weighted by atomic mass is 10.1. The zero-order chi connectivity index (χ0) is 17.3. The fourth-order valence-corrected chi connectivity index (χ4v) is 3.54. The molecule has 2 heterocycles. The molecule has 0 spiro atoms. The molecule has 1 N–H and O–H groups in total. The minimum Gasteiger partial charge on any atom is -0.495 e. The lowest BCUT2D eigenvalue weighted by Crippen LogP contribution is -2.32. The number of aryl methyl sites for hydroxylation is 2.